The van der Waals surface area contributed by atoms with Gasteiger partial charge in [-0.25, -0.2) is 0 Å². The van der Waals surface area contributed by atoms with Gasteiger partial charge in [-0.05, 0) is 19.1 Å². The summed E-state index contributed by atoms with van der Waals surface area (Å²) in [4.78, 5) is 12.2. The molecule has 1 amide bonds. The fourth-order valence-electron chi connectivity index (χ4n) is 2.39. The molecule has 2 N–H and O–H groups in total. The van der Waals surface area contributed by atoms with Crippen LogP contribution in [0.3, 0.4) is 0 Å². The second-order valence-corrected chi connectivity index (χ2v) is 4.94. The Bertz CT molecular complexity index is 778. The first-order valence-corrected chi connectivity index (χ1v) is 7.28. The summed E-state index contributed by atoms with van der Waals surface area (Å²) in [5, 5.41) is 10.2. The fraction of sp³-hybridized carbons (Fsp3) is 0.111. The fourth-order valence-corrected chi connectivity index (χ4v) is 2.39. The molecule has 2 aromatic carbocycles. The van der Waals surface area contributed by atoms with Gasteiger partial charge < -0.3 is 5.32 Å². The van der Waals surface area contributed by atoms with E-state index in [0.29, 0.717) is 12.1 Å². The number of nitrogens with one attached hydrogen (secondary N) is 2. The monoisotopic (exact) mass is 291 g/mol. The molecule has 0 radical (unpaired) electrons. The average Bonchev–Trinajstić information content (AvgIpc) is 3.06. The van der Waals surface area contributed by atoms with Crippen LogP contribution in [-0.4, -0.2) is 22.6 Å². The number of carbonyl (C=O) groups is 1. The van der Waals surface area contributed by atoms with Gasteiger partial charge in [0, 0.05) is 23.2 Å². The summed E-state index contributed by atoms with van der Waals surface area (Å²) in [5.41, 5.74) is 4.23. The Balaban J connectivity index is 1.99. The smallest absolute Gasteiger partial charge is 0.251 e. The van der Waals surface area contributed by atoms with Gasteiger partial charge in [-0.15, -0.1) is 0 Å². The van der Waals surface area contributed by atoms with Crippen LogP contribution in [0.1, 0.15) is 17.3 Å². The van der Waals surface area contributed by atoms with E-state index in [4.69, 9.17) is 0 Å². The molecule has 0 bridgehead atoms. The maximum atomic E-state index is 12.2. The van der Waals surface area contributed by atoms with Crippen molar-refractivity contribution < 1.29 is 4.79 Å². The number of nitrogens with zero attached hydrogens (tertiary/aromatic N) is 1. The SMILES string of the molecule is CCNC(=O)c1ccccc1-c1cc(-c2ccccc2)n[nH]1. The lowest BCUT2D eigenvalue weighted by atomic mass is 10.0. The van der Waals surface area contributed by atoms with Crippen molar-refractivity contribution in [1.29, 1.82) is 0 Å². The highest BCUT2D eigenvalue weighted by Gasteiger charge is 2.13. The largest absolute Gasteiger partial charge is 0.352 e. The van der Waals surface area contributed by atoms with E-state index in [9.17, 15) is 4.79 Å². The van der Waals surface area contributed by atoms with Crippen LogP contribution in [0.15, 0.2) is 60.7 Å². The lowest BCUT2D eigenvalue weighted by Crippen LogP contribution is -2.23. The molecule has 0 aliphatic heterocycles. The second kappa shape index (κ2) is 6.26. The predicted octanol–water partition coefficient (Wildman–Crippen LogP) is 3.49. The molecule has 0 unspecified atom stereocenters. The summed E-state index contributed by atoms with van der Waals surface area (Å²) in [6, 6.07) is 19.4. The van der Waals surface area contributed by atoms with Gasteiger partial charge in [0.15, 0.2) is 0 Å². The van der Waals surface area contributed by atoms with Gasteiger partial charge in [0.05, 0.1) is 11.4 Å². The maximum Gasteiger partial charge on any atom is 0.251 e. The van der Waals surface area contributed by atoms with Gasteiger partial charge in [0.1, 0.15) is 0 Å². The minimum atomic E-state index is -0.0750. The van der Waals surface area contributed by atoms with Crippen LogP contribution >= 0.6 is 0 Å². The first kappa shape index (κ1) is 14.1. The third-order valence-corrected chi connectivity index (χ3v) is 3.45. The van der Waals surface area contributed by atoms with E-state index in [1.165, 1.54) is 0 Å². The molecule has 0 fully saturated rings. The zero-order valence-corrected chi connectivity index (χ0v) is 12.3. The molecule has 110 valence electrons. The first-order valence-electron chi connectivity index (χ1n) is 7.28. The summed E-state index contributed by atoms with van der Waals surface area (Å²) >= 11 is 0. The summed E-state index contributed by atoms with van der Waals surface area (Å²) in [6.45, 7) is 2.51. The summed E-state index contributed by atoms with van der Waals surface area (Å²) in [7, 11) is 0. The van der Waals surface area contributed by atoms with Gasteiger partial charge >= 0.3 is 0 Å². The second-order valence-electron chi connectivity index (χ2n) is 4.94. The van der Waals surface area contributed by atoms with Crippen LogP contribution in [0.4, 0.5) is 0 Å². The molecule has 4 nitrogen and oxygen atoms in total. The molecule has 0 aliphatic rings. The Morgan fingerprint density at radius 1 is 1.09 bits per heavy atom. The average molecular weight is 291 g/mol. The topological polar surface area (TPSA) is 57.8 Å². The lowest BCUT2D eigenvalue weighted by Gasteiger charge is -2.07. The lowest BCUT2D eigenvalue weighted by molar-refractivity contribution is 0.0956. The number of hydrogen-bond donors (Lipinski definition) is 2. The van der Waals surface area contributed by atoms with Crippen molar-refractivity contribution in [2.75, 3.05) is 6.54 Å². The minimum absolute atomic E-state index is 0.0750. The van der Waals surface area contributed by atoms with Crippen LogP contribution in [0.25, 0.3) is 22.5 Å². The molecule has 1 aromatic heterocycles. The Morgan fingerprint density at radius 3 is 2.59 bits per heavy atom. The van der Waals surface area contributed by atoms with Crippen molar-refractivity contribution in [2.45, 2.75) is 6.92 Å². The quantitative estimate of drug-likeness (QED) is 0.773. The summed E-state index contributed by atoms with van der Waals surface area (Å²) < 4.78 is 0. The van der Waals surface area contributed by atoms with Crippen molar-refractivity contribution in [3.8, 4) is 22.5 Å². The number of carbonyl (C=O) groups excluding carboxylic acids is 1. The van der Waals surface area contributed by atoms with Crippen LogP contribution in [0, 0.1) is 0 Å². The molecule has 0 saturated heterocycles. The molecule has 22 heavy (non-hydrogen) atoms. The molecule has 4 heteroatoms. The first-order chi connectivity index (χ1) is 10.8. The molecule has 3 rings (SSSR count). The number of benzene rings is 2. The molecule has 3 aromatic rings. The summed E-state index contributed by atoms with van der Waals surface area (Å²) in [5.74, 6) is -0.0750. The molecule has 0 aliphatic carbocycles. The third-order valence-electron chi connectivity index (χ3n) is 3.45. The predicted molar refractivity (Wildman–Crippen MR) is 87.5 cm³/mol. The Morgan fingerprint density at radius 2 is 1.82 bits per heavy atom. The van der Waals surface area contributed by atoms with Crippen molar-refractivity contribution in [3.05, 3.63) is 66.2 Å². The minimum Gasteiger partial charge on any atom is -0.352 e. The van der Waals surface area contributed by atoms with E-state index in [2.05, 4.69) is 15.5 Å². The van der Waals surface area contributed by atoms with Crippen molar-refractivity contribution in [3.63, 3.8) is 0 Å². The van der Waals surface area contributed by atoms with Crippen LogP contribution in [0.2, 0.25) is 0 Å². The normalized spacial score (nSPS) is 10.4. The van der Waals surface area contributed by atoms with E-state index in [0.717, 1.165) is 22.5 Å². The number of amides is 1. The van der Waals surface area contributed by atoms with Gasteiger partial charge in [0.2, 0.25) is 0 Å². The van der Waals surface area contributed by atoms with Crippen molar-refractivity contribution in [1.82, 2.24) is 15.5 Å². The van der Waals surface area contributed by atoms with Crippen molar-refractivity contribution in [2.24, 2.45) is 0 Å². The Labute approximate surface area is 129 Å². The van der Waals surface area contributed by atoms with Gasteiger partial charge in [-0.2, -0.15) is 5.10 Å². The van der Waals surface area contributed by atoms with Gasteiger partial charge in [-0.3, -0.25) is 9.89 Å². The Hall–Kier alpha value is -2.88. The van der Waals surface area contributed by atoms with Gasteiger partial charge in [-0.1, -0.05) is 48.5 Å². The van der Waals surface area contributed by atoms with E-state index >= 15 is 0 Å². The Kier molecular flexibility index (Phi) is 4.01. The number of hydrogen-bond acceptors (Lipinski definition) is 2. The summed E-state index contributed by atoms with van der Waals surface area (Å²) in [6.07, 6.45) is 0. The molecular formula is C18H17N3O. The van der Waals surface area contributed by atoms with E-state index < -0.39 is 0 Å². The van der Waals surface area contributed by atoms with Crippen molar-refractivity contribution >= 4 is 5.91 Å². The van der Waals surface area contributed by atoms with Crippen LogP contribution in [0.5, 0.6) is 0 Å². The highest BCUT2D eigenvalue weighted by Crippen LogP contribution is 2.26. The molecule has 0 saturated carbocycles. The molecule has 0 atom stereocenters. The number of aromatic amines is 1. The van der Waals surface area contributed by atoms with Crippen LogP contribution < -0.4 is 5.32 Å². The highest BCUT2D eigenvalue weighted by atomic mass is 16.1. The molecule has 1 heterocycles. The number of aromatic nitrogens is 2. The van der Waals surface area contributed by atoms with E-state index in [1.807, 2.05) is 67.6 Å². The number of rotatable bonds is 4. The zero-order valence-electron chi connectivity index (χ0n) is 12.3. The number of H-pyrrole nitrogens is 1. The molecular weight excluding hydrogens is 274 g/mol. The van der Waals surface area contributed by atoms with E-state index in [1.54, 1.807) is 0 Å². The maximum absolute atomic E-state index is 12.2. The highest BCUT2D eigenvalue weighted by molar-refractivity contribution is 6.00. The zero-order chi connectivity index (χ0) is 15.4. The van der Waals surface area contributed by atoms with E-state index in [-0.39, 0.29) is 5.91 Å². The van der Waals surface area contributed by atoms with Crippen LogP contribution in [-0.2, 0) is 0 Å². The standard InChI is InChI=1S/C18H17N3O/c1-2-19-18(22)15-11-7-6-10-14(15)17-12-16(20-21-17)13-8-4-3-5-9-13/h3-12H,2H2,1H3,(H,19,22)(H,20,21). The molecule has 0 spiro atoms. The third kappa shape index (κ3) is 2.76. The van der Waals surface area contributed by atoms with Gasteiger partial charge in [0.25, 0.3) is 5.91 Å².